The Labute approximate surface area is 131 Å². The Morgan fingerprint density at radius 1 is 1.38 bits per heavy atom. The highest BCUT2D eigenvalue weighted by Gasteiger charge is 2.08. The molecule has 0 bridgehead atoms. The van der Waals surface area contributed by atoms with E-state index in [0.29, 0.717) is 11.8 Å². The lowest BCUT2D eigenvalue weighted by Gasteiger charge is -2.25. The lowest BCUT2D eigenvalue weighted by molar-refractivity contribution is 0.125. The third kappa shape index (κ3) is 6.74. The monoisotopic (exact) mass is 307 g/mol. The molecule has 2 rings (SSSR count). The first-order valence-electron chi connectivity index (χ1n) is 7.50. The maximum absolute atomic E-state index is 5.97. The number of likely N-dealkylation sites (tertiary alicyclic amines) is 1. The zero-order chi connectivity index (χ0) is 14.8. The van der Waals surface area contributed by atoms with Crippen molar-refractivity contribution in [3.8, 4) is 0 Å². The van der Waals surface area contributed by atoms with Crippen LogP contribution in [-0.2, 0) is 4.84 Å². The van der Waals surface area contributed by atoms with Crippen LogP contribution in [0.1, 0.15) is 31.2 Å². The molecule has 5 heteroatoms. The van der Waals surface area contributed by atoms with Crippen molar-refractivity contribution in [1.82, 2.24) is 9.88 Å². The van der Waals surface area contributed by atoms with Crippen molar-refractivity contribution in [3.63, 3.8) is 0 Å². The summed E-state index contributed by atoms with van der Waals surface area (Å²) in [6.45, 7) is 4.13. The molecule has 1 fully saturated rings. The molecule has 21 heavy (non-hydrogen) atoms. The predicted molar refractivity (Wildman–Crippen MR) is 87.4 cm³/mol. The number of hydrogen-bond donors (Lipinski definition) is 0. The fourth-order valence-corrected chi connectivity index (χ4v) is 2.42. The summed E-state index contributed by atoms with van der Waals surface area (Å²) in [5, 5.41) is 4.22. The van der Waals surface area contributed by atoms with Crippen LogP contribution in [0.5, 0.6) is 0 Å². The third-order valence-electron chi connectivity index (χ3n) is 3.41. The number of pyridine rings is 1. The van der Waals surface area contributed by atoms with Gasteiger partial charge >= 0.3 is 0 Å². The standard InChI is InChI=1S/C16H22ClN3O/c17-16(8-7-15-6-4-9-18-14-15)19-21-13-5-12-20-10-2-1-3-11-20/h4,6-9,14H,1-3,5,10-13H2/b8-7+,19-16-. The van der Waals surface area contributed by atoms with Crippen LogP contribution in [0.3, 0.4) is 0 Å². The number of piperidine rings is 1. The van der Waals surface area contributed by atoms with Crippen LogP contribution in [-0.4, -0.2) is 41.3 Å². The van der Waals surface area contributed by atoms with Gasteiger partial charge in [-0.15, -0.1) is 0 Å². The lowest BCUT2D eigenvalue weighted by Crippen LogP contribution is -2.31. The molecule has 0 N–H and O–H groups in total. The van der Waals surface area contributed by atoms with Crippen molar-refractivity contribution in [3.05, 3.63) is 36.2 Å². The molecule has 0 amide bonds. The number of hydrogen-bond acceptors (Lipinski definition) is 4. The van der Waals surface area contributed by atoms with Crippen LogP contribution in [0, 0.1) is 0 Å². The van der Waals surface area contributed by atoms with Crippen LogP contribution in [0.15, 0.2) is 35.8 Å². The van der Waals surface area contributed by atoms with Crippen molar-refractivity contribution >= 4 is 22.8 Å². The van der Waals surface area contributed by atoms with Crippen molar-refractivity contribution < 1.29 is 4.84 Å². The first-order valence-corrected chi connectivity index (χ1v) is 7.88. The number of oxime groups is 1. The van der Waals surface area contributed by atoms with E-state index in [1.807, 2.05) is 18.2 Å². The summed E-state index contributed by atoms with van der Waals surface area (Å²) in [7, 11) is 0. The second-order valence-corrected chi connectivity index (χ2v) is 5.51. The third-order valence-corrected chi connectivity index (χ3v) is 3.60. The molecule has 1 saturated heterocycles. The highest BCUT2D eigenvalue weighted by Crippen LogP contribution is 2.08. The van der Waals surface area contributed by atoms with Gasteiger partial charge in [-0.25, -0.2) is 0 Å². The molecule has 0 radical (unpaired) electrons. The van der Waals surface area contributed by atoms with Gasteiger partial charge in [0, 0.05) is 18.9 Å². The molecule has 4 nitrogen and oxygen atoms in total. The summed E-state index contributed by atoms with van der Waals surface area (Å²) in [4.78, 5) is 11.7. The van der Waals surface area contributed by atoms with Gasteiger partial charge in [-0.3, -0.25) is 4.98 Å². The Bertz CT molecular complexity index is 456. The molecule has 0 atom stereocenters. The van der Waals surface area contributed by atoms with Gasteiger partial charge in [0.2, 0.25) is 0 Å². The molecule has 0 spiro atoms. The van der Waals surface area contributed by atoms with Gasteiger partial charge in [0.25, 0.3) is 0 Å². The predicted octanol–water partition coefficient (Wildman–Crippen LogP) is 3.54. The Kier molecular flexibility index (Phi) is 7.25. The zero-order valence-corrected chi connectivity index (χ0v) is 13.0. The summed E-state index contributed by atoms with van der Waals surface area (Å²) in [5.74, 6) is 0. The Balaban J connectivity index is 1.61. The molecule has 0 aromatic carbocycles. The lowest BCUT2D eigenvalue weighted by atomic mass is 10.1. The fourth-order valence-electron chi connectivity index (χ4n) is 2.31. The molecule has 114 valence electrons. The zero-order valence-electron chi connectivity index (χ0n) is 12.2. The summed E-state index contributed by atoms with van der Waals surface area (Å²) in [6.07, 6.45) is 12.1. The normalized spacial score (nSPS) is 17.3. The topological polar surface area (TPSA) is 37.7 Å². The molecule has 1 aromatic rings. The van der Waals surface area contributed by atoms with Crippen LogP contribution < -0.4 is 0 Å². The van der Waals surface area contributed by atoms with E-state index in [4.69, 9.17) is 16.4 Å². The van der Waals surface area contributed by atoms with E-state index >= 15 is 0 Å². The van der Waals surface area contributed by atoms with Gasteiger partial charge in [-0.2, -0.15) is 0 Å². The molecule has 2 heterocycles. The minimum atomic E-state index is 0.344. The van der Waals surface area contributed by atoms with Gasteiger partial charge in [0.1, 0.15) is 6.61 Å². The van der Waals surface area contributed by atoms with E-state index < -0.39 is 0 Å². The fraction of sp³-hybridized carbons (Fsp3) is 0.500. The number of aromatic nitrogens is 1. The van der Waals surface area contributed by atoms with Crippen molar-refractivity contribution in [1.29, 1.82) is 0 Å². The minimum absolute atomic E-state index is 0.344. The molecule has 0 saturated carbocycles. The van der Waals surface area contributed by atoms with Crippen LogP contribution in [0.25, 0.3) is 6.08 Å². The average molecular weight is 308 g/mol. The summed E-state index contributed by atoms with van der Waals surface area (Å²) < 4.78 is 0. The Morgan fingerprint density at radius 3 is 3.00 bits per heavy atom. The molecule has 1 aliphatic heterocycles. The van der Waals surface area contributed by atoms with Gasteiger partial charge < -0.3 is 9.74 Å². The number of rotatable bonds is 7. The van der Waals surface area contributed by atoms with E-state index in [1.165, 1.54) is 32.4 Å². The second kappa shape index (κ2) is 9.53. The molecule has 0 aliphatic carbocycles. The smallest absolute Gasteiger partial charge is 0.168 e. The van der Waals surface area contributed by atoms with Gasteiger partial charge in [0.05, 0.1) is 0 Å². The number of nitrogens with zero attached hydrogens (tertiary/aromatic N) is 3. The highest BCUT2D eigenvalue weighted by atomic mass is 35.5. The molecule has 0 unspecified atom stereocenters. The van der Waals surface area contributed by atoms with E-state index in [0.717, 1.165) is 18.5 Å². The Hall–Kier alpha value is -1.39. The maximum atomic E-state index is 5.97. The largest absolute Gasteiger partial charge is 0.395 e. The summed E-state index contributed by atoms with van der Waals surface area (Å²) in [5.41, 5.74) is 0.982. The van der Waals surface area contributed by atoms with Crippen LogP contribution >= 0.6 is 11.6 Å². The van der Waals surface area contributed by atoms with Crippen molar-refractivity contribution in [2.45, 2.75) is 25.7 Å². The van der Waals surface area contributed by atoms with Gasteiger partial charge in [-0.1, -0.05) is 35.3 Å². The number of allylic oxidation sites excluding steroid dienone is 1. The molecular formula is C16H22ClN3O. The van der Waals surface area contributed by atoms with Crippen molar-refractivity contribution in [2.75, 3.05) is 26.2 Å². The van der Waals surface area contributed by atoms with E-state index in [9.17, 15) is 0 Å². The average Bonchev–Trinajstić information content (AvgIpc) is 2.54. The molecule has 1 aromatic heterocycles. The van der Waals surface area contributed by atoms with Gasteiger partial charge in [0.15, 0.2) is 5.17 Å². The molecular weight excluding hydrogens is 286 g/mol. The maximum Gasteiger partial charge on any atom is 0.168 e. The van der Waals surface area contributed by atoms with E-state index in [1.54, 1.807) is 18.5 Å². The molecule has 1 aliphatic rings. The minimum Gasteiger partial charge on any atom is -0.395 e. The summed E-state index contributed by atoms with van der Waals surface area (Å²) in [6, 6.07) is 3.83. The van der Waals surface area contributed by atoms with Crippen LogP contribution in [0.4, 0.5) is 0 Å². The first kappa shape index (κ1) is 16.0. The van der Waals surface area contributed by atoms with Crippen LogP contribution in [0.2, 0.25) is 0 Å². The summed E-state index contributed by atoms with van der Waals surface area (Å²) >= 11 is 5.97. The van der Waals surface area contributed by atoms with Crippen molar-refractivity contribution in [2.24, 2.45) is 5.16 Å². The highest BCUT2D eigenvalue weighted by molar-refractivity contribution is 6.68. The quantitative estimate of drug-likeness (QED) is 0.439. The second-order valence-electron chi connectivity index (χ2n) is 5.12. The SMILES string of the molecule is ClC(/C=C/c1cccnc1)=N\OCCCN1CCCCC1. The first-order chi connectivity index (χ1) is 10.3. The van der Waals surface area contributed by atoms with Gasteiger partial charge in [-0.05, 0) is 50.1 Å². The van der Waals surface area contributed by atoms with E-state index in [2.05, 4.69) is 15.0 Å². The Morgan fingerprint density at radius 2 is 2.24 bits per heavy atom. The van der Waals surface area contributed by atoms with E-state index in [-0.39, 0.29) is 0 Å². The number of halogens is 1.